The van der Waals surface area contributed by atoms with E-state index in [1.165, 1.54) is 4.68 Å². The normalized spacial score (nSPS) is 14.3. The quantitative estimate of drug-likeness (QED) is 0.760. The zero-order valence-corrected chi connectivity index (χ0v) is 14.0. The highest BCUT2D eigenvalue weighted by molar-refractivity contribution is 5.75. The van der Waals surface area contributed by atoms with Crippen molar-refractivity contribution >= 4 is 5.91 Å². The van der Waals surface area contributed by atoms with Crippen LogP contribution >= 0.6 is 0 Å². The van der Waals surface area contributed by atoms with Crippen LogP contribution in [0.5, 0.6) is 0 Å². The number of halogens is 3. The van der Waals surface area contributed by atoms with E-state index in [2.05, 4.69) is 15.5 Å². The van der Waals surface area contributed by atoms with Gasteiger partial charge < -0.3 is 5.32 Å². The molecule has 0 radical (unpaired) electrons. The summed E-state index contributed by atoms with van der Waals surface area (Å²) in [6.45, 7) is 1.06. The van der Waals surface area contributed by atoms with Crippen molar-refractivity contribution < 1.29 is 18.0 Å². The molecule has 3 heterocycles. The van der Waals surface area contributed by atoms with Crippen molar-refractivity contribution in [3.8, 4) is 0 Å². The van der Waals surface area contributed by atoms with Gasteiger partial charge in [0, 0.05) is 32.3 Å². The van der Waals surface area contributed by atoms with Crippen LogP contribution in [0.3, 0.4) is 0 Å². The Bertz CT molecular complexity index is 835. The first-order valence-corrected chi connectivity index (χ1v) is 8.38. The van der Waals surface area contributed by atoms with Gasteiger partial charge >= 0.3 is 11.9 Å². The second-order valence-corrected chi connectivity index (χ2v) is 6.13. The van der Waals surface area contributed by atoms with Crippen LogP contribution in [0.4, 0.5) is 13.2 Å². The molecule has 0 atom stereocenters. The minimum atomic E-state index is -4.53. The first-order chi connectivity index (χ1) is 12.3. The van der Waals surface area contributed by atoms with Crippen molar-refractivity contribution in [1.82, 2.24) is 29.4 Å². The van der Waals surface area contributed by atoms with Gasteiger partial charge in [-0.15, -0.1) is 0 Å². The molecule has 0 spiro atoms. The molecule has 1 amide bonds. The molecule has 8 nitrogen and oxygen atoms in total. The topological polar surface area (TPSA) is 86.7 Å². The van der Waals surface area contributed by atoms with Crippen LogP contribution in [0, 0.1) is 0 Å². The number of carbonyl (C=O) groups excluding carboxylic acids is 1. The van der Waals surface area contributed by atoms with E-state index in [-0.39, 0.29) is 12.2 Å². The van der Waals surface area contributed by atoms with Gasteiger partial charge in [-0.05, 0) is 25.3 Å². The summed E-state index contributed by atoms with van der Waals surface area (Å²) in [5.74, 6) is 0.350. The van der Waals surface area contributed by atoms with Crippen LogP contribution in [-0.2, 0) is 37.0 Å². The van der Waals surface area contributed by atoms with E-state index >= 15 is 0 Å². The Kier molecular flexibility index (Phi) is 5.14. The Balaban J connectivity index is 1.44. The van der Waals surface area contributed by atoms with Crippen LogP contribution in [0.25, 0.3) is 0 Å². The Morgan fingerprint density at radius 2 is 2.08 bits per heavy atom. The summed E-state index contributed by atoms with van der Waals surface area (Å²) in [7, 11) is 0. The lowest BCUT2D eigenvalue weighted by molar-refractivity contribution is -0.141. The van der Waals surface area contributed by atoms with E-state index in [1.54, 1.807) is 4.57 Å². The fourth-order valence-corrected chi connectivity index (χ4v) is 2.85. The highest BCUT2D eigenvalue weighted by Crippen LogP contribution is 2.27. The van der Waals surface area contributed by atoms with E-state index in [9.17, 15) is 22.8 Å². The molecule has 1 aliphatic rings. The Hall–Kier alpha value is -2.59. The number of nitrogens with zero attached hydrogens (tertiary/aromatic N) is 5. The molecule has 0 saturated carbocycles. The molecule has 3 rings (SSSR count). The molecule has 0 aliphatic carbocycles. The molecule has 2 aromatic heterocycles. The number of aryl methyl sites for hydroxylation is 2. The van der Waals surface area contributed by atoms with Crippen LogP contribution in [-0.4, -0.2) is 36.6 Å². The number of rotatable bonds is 6. The van der Waals surface area contributed by atoms with Gasteiger partial charge in [0.05, 0.1) is 0 Å². The van der Waals surface area contributed by atoms with Crippen molar-refractivity contribution in [3.63, 3.8) is 0 Å². The first kappa shape index (κ1) is 18.2. The maximum Gasteiger partial charge on any atom is 0.435 e. The van der Waals surface area contributed by atoms with Gasteiger partial charge in [-0.2, -0.15) is 23.4 Å². The molecule has 142 valence electrons. The molecule has 0 aromatic carbocycles. The number of alkyl halides is 3. The molecule has 0 unspecified atom stereocenters. The summed E-state index contributed by atoms with van der Waals surface area (Å²) >= 11 is 0. The summed E-state index contributed by atoms with van der Waals surface area (Å²) < 4.78 is 41.4. The number of amides is 1. The van der Waals surface area contributed by atoms with E-state index in [4.69, 9.17) is 0 Å². The summed E-state index contributed by atoms with van der Waals surface area (Å²) in [6.07, 6.45) is -0.137. The van der Waals surface area contributed by atoms with Gasteiger partial charge in [0.1, 0.15) is 12.4 Å². The third-order valence-corrected chi connectivity index (χ3v) is 4.14. The number of hydrogen-bond acceptors (Lipinski definition) is 4. The summed E-state index contributed by atoms with van der Waals surface area (Å²) in [5, 5.41) is 10.2. The summed E-state index contributed by atoms with van der Waals surface area (Å²) in [6, 6.07) is 0.820. The third-order valence-electron chi connectivity index (χ3n) is 4.14. The highest BCUT2D eigenvalue weighted by atomic mass is 19.4. The predicted octanol–water partition coefficient (Wildman–Crippen LogP) is 0.803. The Labute approximate surface area is 146 Å². The van der Waals surface area contributed by atoms with Gasteiger partial charge in [-0.25, -0.2) is 9.48 Å². The van der Waals surface area contributed by atoms with Crippen molar-refractivity contribution in [3.05, 3.63) is 34.3 Å². The Morgan fingerprint density at radius 1 is 1.27 bits per heavy atom. The largest absolute Gasteiger partial charge is 0.435 e. The summed E-state index contributed by atoms with van der Waals surface area (Å²) in [4.78, 5) is 23.9. The molecule has 0 saturated heterocycles. The van der Waals surface area contributed by atoms with Gasteiger partial charge in [0.2, 0.25) is 5.91 Å². The zero-order valence-electron chi connectivity index (χ0n) is 14.0. The second-order valence-electron chi connectivity index (χ2n) is 6.13. The SMILES string of the molecule is O=C(Cn1ccc(C(F)(F)F)n1)NCCCn1nc2n(c1=O)CCCC2. The summed E-state index contributed by atoms with van der Waals surface area (Å²) in [5.41, 5.74) is -1.17. The number of hydrogen-bond donors (Lipinski definition) is 1. The van der Waals surface area contributed by atoms with Crippen LogP contribution in [0.1, 0.15) is 30.8 Å². The first-order valence-electron chi connectivity index (χ1n) is 8.38. The van der Waals surface area contributed by atoms with Crippen LogP contribution < -0.4 is 11.0 Å². The monoisotopic (exact) mass is 372 g/mol. The third kappa shape index (κ3) is 4.14. The molecule has 11 heteroatoms. The molecule has 2 aromatic rings. The molecular weight excluding hydrogens is 353 g/mol. The minimum Gasteiger partial charge on any atom is -0.354 e. The average Bonchev–Trinajstić information content (AvgIpc) is 3.17. The van der Waals surface area contributed by atoms with E-state index in [0.717, 1.165) is 42.0 Å². The number of nitrogens with one attached hydrogen (secondary N) is 1. The smallest absolute Gasteiger partial charge is 0.354 e. The molecule has 0 bridgehead atoms. The number of fused-ring (bicyclic) bond motifs is 1. The van der Waals surface area contributed by atoms with Crippen LogP contribution in [0.2, 0.25) is 0 Å². The van der Waals surface area contributed by atoms with E-state index in [1.807, 2.05) is 0 Å². The maximum absolute atomic E-state index is 12.5. The standard InChI is InChI=1S/C15H19F3N6O2/c16-15(17,18)11-5-9-22(20-11)10-13(25)19-6-3-8-24-14(26)23-7-2-1-4-12(23)21-24/h5,9H,1-4,6-8,10H2,(H,19,25). The molecule has 0 fully saturated rings. The van der Waals surface area contributed by atoms with Gasteiger partial charge in [0.25, 0.3) is 0 Å². The van der Waals surface area contributed by atoms with E-state index in [0.29, 0.717) is 26.1 Å². The van der Waals surface area contributed by atoms with Crippen molar-refractivity contribution in [2.24, 2.45) is 0 Å². The fourth-order valence-electron chi connectivity index (χ4n) is 2.85. The fraction of sp³-hybridized carbons (Fsp3) is 0.600. The van der Waals surface area contributed by atoms with Gasteiger partial charge in [-0.1, -0.05) is 0 Å². The Morgan fingerprint density at radius 3 is 2.77 bits per heavy atom. The maximum atomic E-state index is 12.5. The van der Waals surface area contributed by atoms with E-state index < -0.39 is 17.8 Å². The highest BCUT2D eigenvalue weighted by Gasteiger charge is 2.33. The lowest BCUT2D eigenvalue weighted by atomic mass is 10.2. The minimum absolute atomic E-state index is 0.137. The number of carbonyl (C=O) groups is 1. The van der Waals surface area contributed by atoms with Gasteiger partial charge in [-0.3, -0.25) is 14.0 Å². The lowest BCUT2D eigenvalue weighted by Crippen LogP contribution is -2.31. The van der Waals surface area contributed by atoms with Crippen molar-refractivity contribution in [2.45, 2.75) is 51.5 Å². The molecule has 1 N–H and O–H groups in total. The lowest BCUT2D eigenvalue weighted by Gasteiger charge is -2.09. The predicted molar refractivity (Wildman–Crippen MR) is 84.3 cm³/mol. The van der Waals surface area contributed by atoms with Gasteiger partial charge in [0.15, 0.2) is 5.69 Å². The van der Waals surface area contributed by atoms with Crippen molar-refractivity contribution in [1.29, 1.82) is 0 Å². The number of aromatic nitrogens is 5. The molecular formula is C15H19F3N6O2. The van der Waals surface area contributed by atoms with Crippen molar-refractivity contribution in [2.75, 3.05) is 6.54 Å². The molecule has 26 heavy (non-hydrogen) atoms. The van der Waals surface area contributed by atoms with Crippen LogP contribution in [0.15, 0.2) is 17.1 Å². The second kappa shape index (κ2) is 7.34. The molecule has 1 aliphatic heterocycles. The average molecular weight is 372 g/mol. The zero-order chi connectivity index (χ0) is 18.7.